The fraction of sp³-hybridized carbons (Fsp3) is 0.571. The molecule has 100 valence electrons. The first-order valence-corrected chi connectivity index (χ1v) is 6.73. The van der Waals surface area contributed by atoms with Gasteiger partial charge in [0.2, 0.25) is 5.91 Å². The lowest BCUT2D eigenvalue weighted by Crippen LogP contribution is -2.12. The number of nitrogen functional groups attached to an aromatic ring is 1. The summed E-state index contributed by atoms with van der Waals surface area (Å²) in [5.41, 5.74) is 6.12. The first-order valence-electron chi connectivity index (χ1n) is 6.73. The van der Waals surface area contributed by atoms with Crippen LogP contribution in [-0.2, 0) is 4.79 Å². The molecule has 0 fully saturated rings. The van der Waals surface area contributed by atoms with E-state index in [1.54, 1.807) is 18.3 Å². The van der Waals surface area contributed by atoms with Crippen molar-refractivity contribution in [1.82, 2.24) is 4.98 Å². The molecular weight excluding hydrogens is 226 g/mol. The van der Waals surface area contributed by atoms with Crippen molar-refractivity contribution in [2.24, 2.45) is 0 Å². The van der Waals surface area contributed by atoms with Crippen LogP contribution in [0.1, 0.15) is 51.9 Å². The number of amides is 1. The average Bonchev–Trinajstić information content (AvgIpc) is 2.36. The second kappa shape index (κ2) is 8.50. The van der Waals surface area contributed by atoms with Crippen LogP contribution >= 0.6 is 0 Å². The maximum atomic E-state index is 11.6. The number of pyridine rings is 1. The van der Waals surface area contributed by atoms with E-state index >= 15 is 0 Å². The van der Waals surface area contributed by atoms with Gasteiger partial charge in [-0.2, -0.15) is 0 Å². The van der Waals surface area contributed by atoms with Gasteiger partial charge in [0, 0.05) is 6.42 Å². The lowest BCUT2D eigenvalue weighted by Gasteiger charge is -2.04. The number of nitrogens with one attached hydrogen (secondary N) is 1. The van der Waals surface area contributed by atoms with Crippen molar-refractivity contribution in [3.63, 3.8) is 0 Å². The highest BCUT2D eigenvalue weighted by atomic mass is 16.1. The predicted octanol–water partition coefficient (Wildman–Crippen LogP) is 3.35. The average molecular weight is 249 g/mol. The largest absolute Gasteiger partial charge is 0.397 e. The Morgan fingerprint density at radius 2 is 1.94 bits per heavy atom. The van der Waals surface area contributed by atoms with E-state index in [2.05, 4.69) is 17.2 Å². The number of carbonyl (C=O) groups is 1. The van der Waals surface area contributed by atoms with Gasteiger partial charge in [-0.3, -0.25) is 4.79 Å². The molecule has 0 saturated carbocycles. The van der Waals surface area contributed by atoms with Crippen LogP contribution in [0, 0.1) is 0 Å². The van der Waals surface area contributed by atoms with Crippen LogP contribution in [0.25, 0.3) is 0 Å². The van der Waals surface area contributed by atoms with Crippen LogP contribution in [0.3, 0.4) is 0 Å². The lowest BCUT2D eigenvalue weighted by molar-refractivity contribution is -0.116. The minimum atomic E-state index is 0.0303. The molecule has 0 saturated heterocycles. The summed E-state index contributed by atoms with van der Waals surface area (Å²) in [6, 6.07) is 3.45. The Bertz CT molecular complexity index is 349. The fourth-order valence-corrected chi connectivity index (χ4v) is 1.75. The van der Waals surface area contributed by atoms with Crippen LogP contribution in [0.15, 0.2) is 18.3 Å². The third kappa shape index (κ3) is 6.23. The molecule has 18 heavy (non-hydrogen) atoms. The maximum absolute atomic E-state index is 11.6. The van der Waals surface area contributed by atoms with Crippen molar-refractivity contribution in [1.29, 1.82) is 0 Å². The Balaban J connectivity index is 2.12. The van der Waals surface area contributed by atoms with Crippen LogP contribution in [0.2, 0.25) is 0 Å². The van der Waals surface area contributed by atoms with Crippen molar-refractivity contribution in [3.8, 4) is 0 Å². The van der Waals surface area contributed by atoms with Gasteiger partial charge in [0.1, 0.15) is 5.82 Å². The summed E-state index contributed by atoms with van der Waals surface area (Å²) < 4.78 is 0. The molecule has 0 spiro atoms. The molecule has 1 rings (SSSR count). The molecule has 1 heterocycles. The number of hydrogen-bond donors (Lipinski definition) is 2. The zero-order valence-corrected chi connectivity index (χ0v) is 11.1. The molecule has 0 aliphatic heterocycles. The summed E-state index contributed by atoms with van der Waals surface area (Å²) in [6.45, 7) is 2.20. The Kier molecular flexibility index (Phi) is 6.84. The summed E-state index contributed by atoms with van der Waals surface area (Å²) in [5.74, 6) is 0.600. The Hall–Kier alpha value is -1.58. The van der Waals surface area contributed by atoms with E-state index in [0.717, 1.165) is 12.8 Å². The van der Waals surface area contributed by atoms with Crippen LogP contribution < -0.4 is 11.1 Å². The van der Waals surface area contributed by atoms with E-state index in [0.29, 0.717) is 17.9 Å². The third-order valence-electron chi connectivity index (χ3n) is 2.81. The number of nitrogens with zero attached hydrogens (tertiary/aromatic N) is 1. The Morgan fingerprint density at radius 1 is 1.22 bits per heavy atom. The monoisotopic (exact) mass is 249 g/mol. The van der Waals surface area contributed by atoms with Crippen molar-refractivity contribution in [2.45, 2.75) is 51.9 Å². The first-order chi connectivity index (χ1) is 8.72. The van der Waals surface area contributed by atoms with Crippen molar-refractivity contribution >= 4 is 17.4 Å². The van der Waals surface area contributed by atoms with Crippen molar-refractivity contribution in [2.75, 3.05) is 11.1 Å². The molecule has 0 aliphatic carbocycles. The summed E-state index contributed by atoms with van der Waals surface area (Å²) in [6.07, 6.45) is 9.23. The fourth-order valence-electron chi connectivity index (χ4n) is 1.75. The second-order valence-electron chi connectivity index (χ2n) is 4.54. The van der Waals surface area contributed by atoms with Gasteiger partial charge in [0.05, 0.1) is 11.9 Å². The molecule has 0 aromatic carbocycles. The Morgan fingerprint density at radius 3 is 2.61 bits per heavy atom. The number of carbonyl (C=O) groups excluding carboxylic acids is 1. The molecular formula is C14H23N3O. The highest BCUT2D eigenvalue weighted by Gasteiger charge is 2.02. The Labute approximate surface area is 109 Å². The molecule has 0 bridgehead atoms. The summed E-state index contributed by atoms with van der Waals surface area (Å²) in [4.78, 5) is 15.6. The summed E-state index contributed by atoms with van der Waals surface area (Å²) >= 11 is 0. The predicted molar refractivity (Wildman–Crippen MR) is 75.3 cm³/mol. The van der Waals surface area contributed by atoms with Gasteiger partial charge in [0.15, 0.2) is 0 Å². The maximum Gasteiger partial charge on any atom is 0.225 e. The van der Waals surface area contributed by atoms with Crippen LogP contribution in [0.4, 0.5) is 11.5 Å². The quantitative estimate of drug-likeness (QED) is 0.694. The van der Waals surface area contributed by atoms with Gasteiger partial charge in [-0.15, -0.1) is 0 Å². The smallest absolute Gasteiger partial charge is 0.225 e. The highest BCUT2D eigenvalue weighted by molar-refractivity contribution is 5.89. The molecule has 4 heteroatoms. The minimum absolute atomic E-state index is 0.0303. The van der Waals surface area contributed by atoms with Gasteiger partial charge >= 0.3 is 0 Å². The normalized spacial score (nSPS) is 10.3. The first kappa shape index (κ1) is 14.5. The minimum Gasteiger partial charge on any atom is -0.397 e. The van der Waals surface area contributed by atoms with Gasteiger partial charge < -0.3 is 11.1 Å². The number of hydrogen-bond acceptors (Lipinski definition) is 3. The summed E-state index contributed by atoms with van der Waals surface area (Å²) in [5, 5.41) is 2.77. The van der Waals surface area contributed by atoms with E-state index in [1.807, 2.05) is 0 Å². The molecule has 0 atom stereocenters. The number of rotatable bonds is 8. The summed E-state index contributed by atoms with van der Waals surface area (Å²) in [7, 11) is 0. The topological polar surface area (TPSA) is 68.0 Å². The molecule has 0 aliphatic rings. The molecule has 1 aromatic rings. The van der Waals surface area contributed by atoms with Crippen LogP contribution in [0.5, 0.6) is 0 Å². The molecule has 3 N–H and O–H groups in total. The standard InChI is InChI=1S/C14H23N3O/c1-2-3-4-5-6-7-8-14(18)17-13-10-9-12(15)11-16-13/h9-11H,2-8,15H2,1H3,(H,16,17,18). The number of unbranched alkanes of at least 4 members (excludes halogenated alkanes) is 5. The number of anilines is 2. The van der Waals surface area contributed by atoms with E-state index in [-0.39, 0.29) is 5.91 Å². The SMILES string of the molecule is CCCCCCCCC(=O)Nc1ccc(N)cn1. The number of aromatic nitrogens is 1. The molecule has 0 unspecified atom stereocenters. The number of nitrogens with two attached hydrogens (primary N) is 1. The molecule has 4 nitrogen and oxygen atoms in total. The van der Waals surface area contributed by atoms with E-state index in [9.17, 15) is 4.79 Å². The van der Waals surface area contributed by atoms with E-state index in [4.69, 9.17) is 5.73 Å². The molecule has 1 amide bonds. The second-order valence-corrected chi connectivity index (χ2v) is 4.54. The zero-order chi connectivity index (χ0) is 13.2. The van der Waals surface area contributed by atoms with E-state index < -0.39 is 0 Å². The van der Waals surface area contributed by atoms with Crippen molar-refractivity contribution < 1.29 is 4.79 Å². The molecule has 1 aromatic heterocycles. The van der Waals surface area contributed by atoms with Crippen molar-refractivity contribution in [3.05, 3.63) is 18.3 Å². The van der Waals surface area contributed by atoms with E-state index in [1.165, 1.54) is 25.7 Å². The zero-order valence-electron chi connectivity index (χ0n) is 11.1. The molecule has 0 radical (unpaired) electrons. The van der Waals surface area contributed by atoms with Gasteiger partial charge in [-0.1, -0.05) is 39.0 Å². The highest BCUT2D eigenvalue weighted by Crippen LogP contribution is 2.09. The van der Waals surface area contributed by atoms with Gasteiger partial charge in [-0.05, 0) is 18.6 Å². The van der Waals surface area contributed by atoms with Gasteiger partial charge in [-0.25, -0.2) is 4.98 Å². The third-order valence-corrected chi connectivity index (χ3v) is 2.81. The lowest BCUT2D eigenvalue weighted by atomic mass is 10.1. The van der Waals surface area contributed by atoms with Crippen LogP contribution in [-0.4, -0.2) is 10.9 Å². The van der Waals surface area contributed by atoms with Gasteiger partial charge in [0.25, 0.3) is 0 Å².